The van der Waals surface area contributed by atoms with Gasteiger partial charge < -0.3 is 26.4 Å². The van der Waals surface area contributed by atoms with Gasteiger partial charge in [-0.25, -0.2) is 4.98 Å². The van der Waals surface area contributed by atoms with Crippen molar-refractivity contribution in [2.45, 2.75) is 98.9 Å². The van der Waals surface area contributed by atoms with Gasteiger partial charge in [0.25, 0.3) is 5.91 Å². The molecule has 3 amide bonds. The number of esters is 1. The van der Waals surface area contributed by atoms with Crippen LogP contribution in [0.3, 0.4) is 0 Å². The molecular formula is C28H47N5O6S2. The zero-order valence-electron chi connectivity index (χ0n) is 25.5. The van der Waals surface area contributed by atoms with Gasteiger partial charge in [0.2, 0.25) is 16.9 Å². The van der Waals surface area contributed by atoms with Crippen LogP contribution in [0.1, 0.15) is 90.1 Å². The van der Waals surface area contributed by atoms with Gasteiger partial charge in [0, 0.05) is 11.1 Å². The smallest absolute Gasteiger partial charge is 0.326 e. The molecule has 0 spiro atoms. The van der Waals surface area contributed by atoms with Crippen LogP contribution >= 0.6 is 23.1 Å². The number of allylic oxidation sites excluding steroid dienone is 1. The highest BCUT2D eigenvalue weighted by Gasteiger charge is 2.31. The van der Waals surface area contributed by atoms with E-state index in [9.17, 15) is 24.0 Å². The van der Waals surface area contributed by atoms with E-state index in [0.29, 0.717) is 17.2 Å². The van der Waals surface area contributed by atoms with Gasteiger partial charge in [-0.15, -0.1) is 11.3 Å². The quantitative estimate of drug-likeness (QED) is 0.214. The molecule has 5 N–H and O–H groups in total. The van der Waals surface area contributed by atoms with Gasteiger partial charge >= 0.3 is 5.97 Å². The van der Waals surface area contributed by atoms with Crippen LogP contribution in [0, 0.1) is 5.92 Å². The van der Waals surface area contributed by atoms with Gasteiger partial charge in [-0.1, -0.05) is 65.8 Å². The van der Waals surface area contributed by atoms with E-state index >= 15 is 0 Å². The summed E-state index contributed by atoms with van der Waals surface area (Å²) >= 11 is 2.33. The molecule has 0 fully saturated rings. The molecular weight excluding hydrogens is 566 g/mol. The lowest BCUT2D eigenvalue weighted by atomic mass is 10.0. The highest BCUT2D eigenvalue weighted by molar-refractivity contribution is 8.13. The summed E-state index contributed by atoms with van der Waals surface area (Å²) in [5.41, 5.74) is 4.67. The molecule has 0 saturated heterocycles. The number of nitrogens with one attached hydrogen (secondary N) is 3. The highest BCUT2D eigenvalue weighted by Crippen LogP contribution is 2.14. The second-order valence-electron chi connectivity index (χ2n) is 9.76. The maximum Gasteiger partial charge on any atom is 0.326 e. The number of rotatable bonds is 6. The number of carbonyl (C=O) groups excluding carboxylic acids is 5. The molecule has 41 heavy (non-hydrogen) atoms. The van der Waals surface area contributed by atoms with Crippen LogP contribution in [0.2, 0.25) is 0 Å². The van der Waals surface area contributed by atoms with E-state index in [1.54, 1.807) is 12.2 Å². The minimum atomic E-state index is -1.31. The molecule has 2 atom stereocenters. The number of carbonyl (C=O) groups is 5. The average molecular weight is 614 g/mol. The fraction of sp³-hybridized carbons (Fsp3) is 0.643. The number of aromatic nitrogens is 1. The predicted octanol–water partition coefficient (Wildman–Crippen LogP) is 3.33. The van der Waals surface area contributed by atoms with Crippen molar-refractivity contribution in [3.05, 3.63) is 28.2 Å². The van der Waals surface area contributed by atoms with E-state index in [2.05, 4.69) is 34.8 Å². The fourth-order valence-corrected chi connectivity index (χ4v) is 4.54. The molecule has 0 saturated carbocycles. The molecule has 2 bridgehead atoms. The lowest BCUT2D eigenvalue weighted by molar-refractivity contribution is -0.148. The molecule has 11 nitrogen and oxygen atoms in total. The molecule has 1 aromatic heterocycles. The average Bonchev–Trinajstić information content (AvgIpc) is 3.40. The first-order valence-electron chi connectivity index (χ1n) is 13.9. The number of fused-ring (bicyclic) bond motifs is 2. The SMILES string of the molecule is CC.CC(C)C(N)C(=O)SCC/C=C/C1CC(=O)NCc2nc(cs2)C(=O)NC(C)(C)C(=O)NCC(=O)O1.CCC. The second-order valence-corrected chi connectivity index (χ2v) is 11.8. The number of hydrogen-bond acceptors (Lipinski definition) is 10. The summed E-state index contributed by atoms with van der Waals surface area (Å²) in [7, 11) is 0. The van der Waals surface area contributed by atoms with E-state index in [0.717, 1.165) is 11.8 Å². The first-order valence-corrected chi connectivity index (χ1v) is 15.8. The number of cyclic esters (lactones) is 1. The zero-order chi connectivity index (χ0) is 31.6. The minimum absolute atomic E-state index is 0.0511. The van der Waals surface area contributed by atoms with Crippen LogP contribution in [0.25, 0.3) is 0 Å². The molecule has 0 aliphatic carbocycles. The Morgan fingerprint density at radius 2 is 1.83 bits per heavy atom. The molecule has 2 rings (SSSR count). The maximum absolute atomic E-state index is 12.5. The third-order valence-electron chi connectivity index (χ3n) is 5.15. The number of nitrogens with two attached hydrogens (primary N) is 1. The van der Waals surface area contributed by atoms with Gasteiger partial charge in [0.1, 0.15) is 28.9 Å². The van der Waals surface area contributed by atoms with Crippen molar-refractivity contribution in [1.29, 1.82) is 0 Å². The topological polar surface area (TPSA) is 170 Å². The summed E-state index contributed by atoms with van der Waals surface area (Å²) < 4.78 is 5.39. The predicted molar refractivity (Wildman–Crippen MR) is 164 cm³/mol. The van der Waals surface area contributed by atoms with Crippen molar-refractivity contribution in [2.75, 3.05) is 12.3 Å². The Morgan fingerprint density at radius 1 is 1.20 bits per heavy atom. The van der Waals surface area contributed by atoms with Gasteiger partial charge in [-0.2, -0.15) is 0 Å². The van der Waals surface area contributed by atoms with Gasteiger partial charge in [-0.05, 0) is 32.3 Å². The molecule has 0 aromatic carbocycles. The molecule has 232 valence electrons. The van der Waals surface area contributed by atoms with E-state index in [4.69, 9.17) is 10.5 Å². The molecule has 2 unspecified atom stereocenters. The largest absolute Gasteiger partial charge is 0.456 e. The number of hydrogen-bond donors (Lipinski definition) is 4. The fourth-order valence-electron chi connectivity index (χ4n) is 2.91. The standard InChI is InChI=1S/C23H33N5O6S2.C3H8.C2H6/c1-13(2)19(24)21(32)35-8-6-5-7-14-9-16(29)25-10-17-27-15(12-36-17)20(31)28-23(3,4)22(33)26-11-18(30)34-14;1-3-2;1-2/h5,7,12-14,19H,6,8-11,24H2,1-4H3,(H,25,29)(H,26,33)(H,28,31);3H2,1-2H3;1-2H3/b7-5+;;. The number of ether oxygens (including phenoxy) is 1. The van der Waals surface area contributed by atoms with Crippen molar-refractivity contribution >= 4 is 51.9 Å². The van der Waals surface area contributed by atoms with Gasteiger partial charge in [-0.3, -0.25) is 24.0 Å². The molecule has 1 aromatic rings. The normalized spacial score (nSPS) is 18.5. The molecule has 0 radical (unpaired) electrons. The molecule has 13 heteroatoms. The summed E-state index contributed by atoms with van der Waals surface area (Å²) in [4.78, 5) is 66.0. The third-order valence-corrected chi connectivity index (χ3v) is 6.99. The summed E-state index contributed by atoms with van der Waals surface area (Å²) in [6.07, 6.45) is 4.05. The van der Waals surface area contributed by atoms with E-state index in [1.807, 2.05) is 27.7 Å². The van der Waals surface area contributed by atoms with Crippen LogP contribution in [0.4, 0.5) is 0 Å². The summed E-state index contributed by atoms with van der Waals surface area (Å²) in [6.45, 7) is 14.7. The highest BCUT2D eigenvalue weighted by atomic mass is 32.2. The minimum Gasteiger partial charge on any atom is -0.456 e. The van der Waals surface area contributed by atoms with Gasteiger partial charge in [0.15, 0.2) is 0 Å². The van der Waals surface area contributed by atoms with Crippen LogP contribution in [-0.4, -0.2) is 63.8 Å². The van der Waals surface area contributed by atoms with E-state index in [-0.39, 0.29) is 35.6 Å². The lowest BCUT2D eigenvalue weighted by Gasteiger charge is -2.24. The number of nitrogens with zero attached hydrogens (tertiary/aromatic N) is 1. The van der Waals surface area contributed by atoms with Crippen LogP contribution in [0.15, 0.2) is 17.5 Å². The van der Waals surface area contributed by atoms with Crippen molar-refractivity contribution in [1.82, 2.24) is 20.9 Å². The Bertz CT molecular complexity index is 1030. The summed E-state index contributed by atoms with van der Waals surface area (Å²) in [6, 6.07) is -0.529. The summed E-state index contributed by atoms with van der Waals surface area (Å²) in [5, 5.41) is 9.69. The lowest BCUT2D eigenvalue weighted by Crippen LogP contribution is -2.55. The monoisotopic (exact) mass is 613 g/mol. The number of thioether (sulfide) groups is 1. The Hall–Kier alpha value is -2.77. The van der Waals surface area contributed by atoms with Crippen LogP contribution in [-0.2, 0) is 30.5 Å². The van der Waals surface area contributed by atoms with Crippen molar-refractivity contribution in [3.8, 4) is 0 Å². The van der Waals surface area contributed by atoms with Crippen molar-refractivity contribution in [2.24, 2.45) is 11.7 Å². The van der Waals surface area contributed by atoms with Crippen molar-refractivity contribution < 1.29 is 28.7 Å². The number of thiazole rings is 1. The van der Waals surface area contributed by atoms with Gasteiger partial charge in [0.05, 0.1) is 19.0 Å². The molecule has 2 heterocycles. The number of amides is 3. The van der Waals surface area contributed by atoms with Crippen molar-refractivity contribution in [3.63, 3.8) is 0 Å². The first kappa shape index (κ1) is 38.2. The van der Waals surface area contributed by atoms with E-state index < -0.39 is 42.0 Å². The molecule has 1 aliphatic heterocycles. The van der Waals surface area contributed by atoms with Crippen LogP contribution in [0.5, 0.6) is 0 Å². The first-order chi connectivity index (χ1) is 19.3. The van der Waals surface area contributed by atoms with Crippen LogP contribution < -0.4 is 21.7 Å². The van der Waals surface area contributed by atoms with E-state index in [1.165, 1.54) is 37.0 Å². The molecule has 1 aliphatic rings. The Kier molecular flexibility index (Phi) is 18.8. The Labute approximate surface area is 252 Å². The zero-order valence-corrected chi connectivity index (χ0v) is 27.1. The third kappa shape index (κ3) is 15.1. The summed E-state index contributed by atoms with van der Waals surface area (Å²) in [5.74, 6) is -1.71. The second kappa shape index (κ2) is 20.2. The maximum atomic E-state index is 12.5. The Balaban J connectivity index is 0.00000299. The Morgan fingerprint density at radius 3 is 2.44 bits per heavy atom.